The first-order valence-corrected chi connectivity index (χ1v) is 7.65. The van der Waals surface area contributed by atoms with Crippen LogP contribution in [0.15, 0.2) is 0 Å². The lowest BCUT2D eigenvalue weighted by Crippen LogP contribution is -2.49. The van der Waals surface area contributed by atoms with Crippen molar-refractivity contribution in [2.24, 2.45) is 5.92 Å². The highest BCUT2D eigenvalue weighted by atomic mass is 127. The summed E-state index contributed by atoms with van der Waals surface area (Å²) in [5.74, 6) is -2.78. The molecule has 0 aromatic carbocycles. The van der Waals surface area contributed by atoms with E-state index < -0.39 is 35.6 Å². The Morgan fingerprint density at radius 3 is 2.55 bits per heavy atom. The number of rotatable bonds is 4. The molecule has 0 aliphatic carbocycles. The van der Waals surface area contributed by atoms with Gasteiger partial charge in [0, 0.05) is 10.8 Å². The third-order valence-corrected chi connectivity index (χ3v) is 3.60. The number of alkyl halides is 1. The number of esters is 1. The van der Waals surface area contributed by atoms with Crippen LogP contribution in [0, 0.1) is 5.92 Å². The van der Waals surface area contributed by atoms with Gasteiger partial charge in [-0.05, 0) is 20.8 Å². The van der Waals surface area contributed by atoms with Gasteiger partial charge >= 0.3 is 18.0 Å². The highest BCUT2D eigenvalue weighted by molar-refractivity contribution is 14.1. The van der Waals surface area contributed by atoms with Gasteiger partial charge in [0.25, 0.3) is 0 Å². The maximum atomic E-state index is 11.7. The van der Waals surface area contributed by atoms with Crippen molar-refractivity contribution in [3.63, 3.8) is 0 Å². The molecule has 1 heterocycles. The Hall–Kier alpha value is -1.06. The van der Waals surface area contributed by atoms with Crippen LogP contribution in [0.5, 0.6) is 0 Å². The van der Waals surface area contributed by atoms with Crippen LogP contribution in [-0.4, -0.2) is 45.3 Å². The Labute approximate surface area is 130 Å². The van der Waals surface area contributed by atoms with Gasteiger partial charge < -0.3 is 19.9 Å². The maximum Gasteiger partial charge on any atom is 0.408 e. The van der Waals surface area contributed by atoms with Gasteiger partial charge in [-0.15, -0.1) is 0 Å². The van der Waals surface area contributed by atoms with Crippen LogP contribution in [0.3, 0.4) is 0 Å². The third kappa shape index (κ3) is 4.80. The Balaban J connectivity index is 2.73. The number of cyclic esters (lactones) is 1. The average Bonchev–Trinajstić information content (AvgIpc) is 2.64. The number of ether oxygens (including phenoxy) is 2. The van der Waals surface area contributed by atoms with E-state index in [2.05, 4.69) is 27.9 Å². The van der Waals surface area contributed by atoms with E-state index in [0.717, 1.165) is 0 Å². The Kier molecular flexibility index (Phi) is 5.60. The van der Waals surface area contributed by atoms with E-state index >= 15 is 0 Å². The van der Waals surface area contributed by atoms with E-state index in [1.165, 1.54) is 0 Å². The molecule has 3 atom stereocenters. The summed E-state index contributed by atoms with van der Waals surface area (Å²) in [6, 6.07) is -1.34. The highest BCUT2D eigenvalue weighted by Gasteiger charge is 2.43. The first-order chi connectivity index (χ1) is 9.14. The quantitative estimate of drug-likeness (QED) is 0.420. The minimum Gasteiger partial charge on any atom is -0.480 e. The highest BCUT2D eigenvalue weighted by Crippen LogP contribution is 2.26. The predicted octanol–water partition coefficient (Wildman–Crippen LogP) is 1.33. The Morgan fingerprint density at radius 1 is 1.55 bits per heavy atom. The molecular formula is C12H18INO6. The molecule has 2 N–H and O–H groups in total. The van der Waals surface area contributed by atoms with Gasteiger partial charge in [0.2, 0.25) is 0 Å². The lowest BCUT2D eigenvalue weighted by Gasteiger charge is -2.23. The van der Waals surface area contributed by atoms with Gasteiger partial charge in [-0.2, -0.15) is 0 Å². The van der Waals surface area contributed by atoms with Crippen LogP contribution in [0.25, 0.3) is 0 Å². The van der Waals surface area contributed by atoms with E-state index in [4.69, 9.17) is 9.47 Å². The fraction of sp³-hybridized carbons (Fsp3) is 0.750. The van der Waals surface area contributed by atoms with Gasteiger partial charge in [-0.3, -0.25) is 4.79 Å². The molecule has 8 heteroatoms. The van der Waals surface area contributed by atoms with Crippen molar-refractivity contribution in [2.45, 2.75) is 44.9 Å². The summed E-state index contributed by atoms with van der Waals surface area (Å²) in [6.07, 6.45) is -0.903. The van der Waals surface area contributed by atoms with E-state index in [0.29, 0.717) is 4.43 Å². The van der Waals surface area contributed by atoms with Crippen molar-refractivity contribution in [3.8, 4) is 0 Å². The second-order valence-corrected chi connectivity index (χ2v) is 6.40. The lowest BCUT2D eigenvalue weighted by molar-refractivity contribution is -0.150. The molecule has 0 spiro atoms. The number of hydrogen-bond donors (Lipinski definition) is 2. The zero-order valence-corrected chi connectivity index (χ0v) is 13.7. The number of hydrogen-bond acceptors (Lipinski definition) is 5. The van der Waals surface area contributed by atoms with Crippen molar-refractivity contribution >= 4 is 40.6 Å². The Morgan fingerprint density at radius 2 is 2.15 bits per heavy atom. The third-order valence-electron chi connectivity index (χ3n) is 2.62. The lowest BCUT2D eigenvalue weighted by atomic mass is 9.96. The van der Waals surface area contributed by atoms with Gasteiger partial charge in [0.15, 0.2) is 0 Å². The molecule has 0 saturated carbocycles. The molecule has 0 radical (unpaired) electrons. The van der Waals surface area contributed by atoms with Gasteiger partial charge in [-0.1, -0.05) is 22.6 Å². The second-order valence-electron chi connectivity index (χ2n) is 5.52. The number of carbonyl (C=O) groups is 3. The van der Waals surface area contributed by atoms with Crippen molar-refractivity contribution in [2.75, 3.05) is 4.43 Å². The first kappa shape index (κ1) is 17.0. The number of carboxylic acids is 1. The molecule has 20 heavy (non-hydrogen) atoms. The molecule has 1 rings (SSSR count). The molecule has 0 bridgehead atoms. The summed E-state index contributed by atoms with van der Waals surface area (Å²) in [5.41, 5.74) is -0.742. The number of aliphatic carboxylic acids is 1. The molecule has 0 aromatic heterocycles. The second kappa shape index (κ2) is 6.59. The van der Waals surface area contributed by atoms with Gasteiger partial charge in [0.05, 0.1) is 5.92 Å². The molecular weight excluding hydrogens is 381 g/mol. The number of carbonyl (C=O) groups excluding carboxylic acids is 2. The zero-order chi connectivity index (χ0) is 15.5. The fourth-order valence-electron chi connectivity index (χ4n) is 1.81. The fourth-order valence-corrected chi connectivity index (χ4v) is 2.35. The number of nitrogens with one attached hydrogen (secondary N) is 1. The average molecular weight is 399 g/mol. The maximum absolute atomic E-state index is 11.7. The molecule has 7 nitrogen and oxygen atoms in total. The summed E-state index contributed by atoms with van der Waals surface area (Å²) in [4.78, 5) is 34.6. The number of carboxylic acid groups (broad SMARTS) is 1. The molecule has 1 aliphatic heterocycles. The predicted molar refractivity (Wildman–Crippen MR) is 77.7 cm³/mol. The van der Waals surface area contributed by atoms with Crippen LogP contribution in [0.2, 0.25) is 0 Å². The van der Waals surface area contributed by atoms with Crippen LogP contribution < -0.4 is 5.32 Å². The van der Waals surface area contributed by atoms with Crippen LogP contribution >= 0.6 is 22.6 Å². The zero-order valence-electron chi connectivity index (χ0n) is 11.5. The van der Waals surface area contributed by atoms with Crippen LogP contribution in [0.1, 0.15) is 27.2 Å². The van der Waals surface area contributed by atoms with Gasteiger partial charge in [-0.25, -0.2) is 9.59 Å². The van der Waals surface area contributed by atoms with E-state index in [-0.39, 0.29) is 12.5 Å². The molecule has 114 valence electrons. The minimum atomic E-state index is -1.34. The van der Waals surface area contributed by atoms with Crippen molar-refractivity contribution < 1.29 is 29.0 Å². The van der Waals surface area contributed by atoms with Gasteiger partial charge in [0.1, 0.15) is 17.7 Å². The summed E-state index contributed by atoms with van der Waals surface area (Å²) in [7, 11) is 0. The Bertz CT molecular complexity index is 405. The van der Waals surface area contributed by atoms with Crippen molar-refractivity contribution in [3.05, 3.63) is 0 Å². The number of amides is 1. The summed E-state index contributed by atoms with van der Waals surface area (Å²) in [5, 5.41) is 11.4. The minimum absolute atomic E-state index is 0.272. The molecule has 0 aromatic rings. The molecule has 1 saturated heterocycles. The smallest absolute Gasteiger partial charge is 0.408 e. The SMILES string of the molecule is CC(C)(C)OC(=O)N[C@@H](C(=O)O)[C@@H]1C[C@H](CI)OC1=O. The van der Waals surface area contributed by atoms with E-state index in [1.54, 1.807) is 20.8 Å². The largest absolute Gasteiger partial charge is 0.480 e. The summed E-state index contributed by atoms with van der Waals surface area (Å²) in [6.45, 7) is 4.99. The van der Waals surface area contributed by atoms with Crippen molar-refractivity contribution in [1.82, 2.24) is 5.32 Å². The topological polar surface area (TPSA) is 102 Å². The molecule has 1 aliphatic rings. The van der Waals surface area contributed by atoms with E-state index in [9.17, 15) is 19.5 Å². The first-order valence-electron chi connectivity index (χ1n) is 6.13. The normalized spacial score (nSPS) is 23.9. The van der Waals surface area contributed by atoms with Crippen LogP contribution in [-0.2, 0) is 19.1 Å². The summed E-state index contributed by atoms with van der Waals surface area (Å²) >= 11 is 2.06. The van der Waals surface area contributed by atoms with Crippen molar-refractivity contribution in [1.29, 1.82) is 0 Å². The standard InChI is InChI=1S/C12H18INO6/c1-12(2,3)20-11(18)14-8(9(15)16)7-4-6(5-13)19-10(7)17/h6-8H,4-5H2,1-3H3,(H,14,18)(H,15,16)/t6-,7+,8-/m1/s1. The molecule has 0 unspecified atom stereocenters. The van der Waals surface area contributed by atoms with E-state index in [1.807, 2.05) is 0 Å². The number of alkyl carbamates (subject to hydrolysis) is 1. The molecule has 1 amide bonds. The van der Waals surface area contributed by atoms with Crippen LogP contribution in [0.4, 0.5) is 4.79 Å². The molecule has 1 fully saturated rings. The summed E-state index contributed by atoms with van der Waals surface area (Å²) < 4.78 is 10.6. The number of halogens is 1. The monoisotopic (exact) mass is 399 g/mol.